The van der Waals surface area contributed by atoms with E-state index in [9.17, 15) is 9.59 Å². The number of ether oxygens (including phenoxy) is 1. The summed E-state index contributed by atoms with van der Waals surface area (Å²) in [5.74, 6) is -0.965. The molecule has 0 saturated carbocycles. The van der Waals surface area contributed by atoms with Crippen molar-refractivity contribution in [2.45, 2.75) is 6.54 Å². The molecule has 0 aliphatic heterocycles. The summed E-state index contributed by atoms with van der Waals surface area (Å²) in [5, 5.41) is 5.11. The van der Waals surface area contributed by atoms with Gasteiger partial charge in [0.05, 0.1) is 0 Å². The Morgan fingerprint density at radius 2 is 1.79 bits per heavy atom. The SMILES string of the molecule is CN(C)c1ccc(CNC(=O)COC(=O)c2csc(-c3ccccc3)n2)cc1. The number of carbonyl (C=O) groups is 2. The Morgan fingerprint density at radius 3 is 2.46 bits per heavy atom. The van der Waals surface area contributed by atoms with Crippen molar-refractivity contribution in [1.29, 1.82) is 0 Å². The minimum absolute atomic E-state index is 0.205. The van der Waals surface area contributed by atoms with Crippen LogP contribution in [0.1, 0.15) is 16.1 Å². The summed E-state index contributed by atoms with van der Waals surface area (Å²) in [6.45, 7) is 0.0335. The van der Waals surface area contributed by atoms with Crippen LogP contribution in [0.2, 0.25) is 0 Å². The van der Waals surface area contributed by atoms with E-state index in [0.717, 1.165) is 21.8 Å². The van der Waals surface area contributed by atoms with E-state index in [1.165, 1.54) is 11.3 Å². The third kappa shape index (κ3) is 5.17. The largest absolute Gasteiger partial charge is 0.451 e. The molecule has 28 heavy (non-hydrogen) atoms. The Bertz CT molecular complexity index is 937. The number of amides is 1. The maximum Gasteiger partial charge on any atom is 0.358 e. The maximum atomic E-state index is 12.1. The first-order chi connectivity index (χ1) is 13.5. The molecule has 6 nitrogen and oxygen atoms in total. The number of carbonyl (C=O) groups excluding carboxylic acids is 2. The van der Waals surface area contributed by atoms with Gasteiger partial charge in [0.15, 0.2) is 12.3 Å². The highest BCUT2D eigenvalue weighted by molar-refractivity contribution is 7.13. The van der Waals surface area contributed by atoms with E-state index in [1.807, 2.05) is 73.6 Å². The summed E-state index contributed by atoms with van der Waals surface area (Å²) >= 11 is 1.36. The average molecular weight is 395 g/mol. The van der Waals surface area contributed by atoms with Crippen LogP contribution in [-0.2, 0) is 16.1 Å². The van der Waals surface area contributed by atoms with Gasteiger partial charge >= 0.3 is 5.97 Å². The monoisotopic (exact) mass is 395 g/mol. The summed E-state index contributed by atoms with van der Waals surface area (Å²) in [6.07, 6.45) is 0. The summed E-state index contributed by atoms with van der Waals surface area (Å²) < 4.78 is 5.06. The van der Waals surface area contributed by atoms with Crippen molar-refractivity contribution in [3.05, 3.63) is 71.2 Å². The molecule has 0 aliphatic rings. The Labute approximate surface area is 167 Å². The lowest BCUT2D eigenvalue weighted by atomic mass is 10.2. The van der Waals surface area contributed by atoms with Crippen LogP contribution in [0, 0.1) is 0 Å². The lowest BCUT2D eigenvalue weighted by Crippen LogP contribution is -2.28. The van der Waals surface area contributed by atoms with Crippen molar-refractivity contribution in [2.24, 2.45) is 0 Å². The summed E-state index contributed by atoms with van der Waals surface area (Å²) in [6, 6.07) is 17.4. The molecule has 0 saturated heterocycles. The molecule has 3 aromatic rings. The van der Waals surface area contributed by atoms with Crippen molar-refractivity contribution >= 4 is 28.9 Å². The Hall–Kier alpha value is -3.19. The van der Waals surface area contributed by atoms with Gasteiger partial charge in [-0.3, -0.25) is 4.79 Å². The molecule has 0 fully saturated rings. The lowest BCUT2D eigenvalue weighted by Gasteiger charge is -2.13. The van der Waals surface area contributed by atoms with E-state index in [0.29, 0.717) is 6.54 Å². The van der Waals surface area contributed by atoms with Crippen molar-refractivity contribution in [2.75, 3.05) is 25.6 Å². The molecule has 1 amide bonds. The van der Waals surface area contributed by atoms with Gasteiger partial charge in [-0.1, -0.05) is 42.5 Å². The molecular weight excluding hydrogens is 374 g/mol. The predicted molar refractivity (Wildman–Crippen MR) is 110 cm³/mol. The fraction of sp³-hybridized carbons (Fsp3) is 0.190. The molecule has 0 aliphatic carbocycles. The average Bonchev–Trinajstić information content (AvgIpc) is 3.22. The zero-order valence-corrected chi connectivity index (χ0v) is 16.5. The van der Waals surface area contributed by atoms with Crippen LogP contribution >= 0.6 is 11.3 Å². The fourth-order valence-corrected chi connectivity index (χ4v) is 3.24. The second-order valence-electron chi connectivity index (χ2n) is 6.32. The molecule has 0 bridgehead atoms. The highest BCUT2D eigenvalue weighted by atomic mass is 32.1. The predicted octanol–water partition coefficient (Wildman–Crippen LogP) is 3.35. The molecule has 0 unspecified atom stereocenters. The van der Waals surface area contributed by atoms with Crippen LogP contribution in [-0.4, -0.2) is 37.6 Å². The van der Waals surface area contributed by atoms with Crippen molar-refractivity contribution < 1.29 is 14.3 Å². The van der Waals surface area contributed by atoms with Crippen molar-refractivity contribution in [1.82, 2.24) is 10.3 Å². The number of esters is 1. The number of benzene rings is 2. The molecule has 7 heteroatoms. The maximum absolute atomic E-state index is 12.1. The van der Waals surface area contributed by atoms with Gasteiger partial charge in [-0.05, 0) is 17.7 Å². The Balaban J connectivity index is 1.46. The molecule has 2 aromatic carbocycles. The first-order valence-electron chi connectivity index (χ1n) is 8.74. The number of aromatic nitrogens is 1. The number of anilines is 1. The highest BCUT2D eigenvalue weighted by Crippen LogP contribution is 2.23. The first kappa shape index (κ1) is 19.6. The molecule has 0 atom stereocenters. The second kappa shape index (κ2) is 9.14. The van der Waals surface area contributed by atoms with Gasteiger partial charge in [0, 0.05) is 37.3 Å². The number of hydrogen-bond acceptors (Lipinski definition) is 6. The van der Waals surface area contributed by atoms with Gasteiger partial charge in [-0.25, -0.2) is 9.78 Å². The van der Waals surface area contributed by atoms with E-state index in [2.05, 4.69) is 10.3 Å². The molecule has 3 rings (SSSR count). The summed E-state index contributed by atoms with van der Waals surface area (Å²) in [4.78, 5) is 30.3. The standard InChI is InChI=1S/C21H21N3O3S/c1-24(2)17-10-8-15(9-11-17)12-22-19(25)13-27-21(26)18-14-28-20(23-18)16-6-4-3-5-7-16/h3-11,14H,12-13H2,1-2H3,(H,22,25). The molecule has 0 spiro atoms. The molecule has 0 radical (unpaired) electrons. The van der Waals surface area contributed by atoms with E-state index < -0.39 is 5.97 Å². The number of nitrogens with one attached hydrogen (secondary N) is 1. The zero-order valence-electron chi connectivity index (χ0n) is 15.7. The van der Waals surface area contributed by atoms with Gasteiger partial charge in [-0.15, -0.1) is 11.3 Å². The highest BCUT2D eigenvalue weighted by Gasteiger charge is 2.14. The first-order valence-corrected chi connectivity index (χ1v) is 9.62. The van der Waals surface area contributed by atoms with E-state index in [4.69, 9.17) is 4.74 Å². The Morgan fingerprint density at radius 1 is 1.07 bits per heavy atom. The number of rotatable bonds is 7. The van der Waals surface area contributed by atoms with Crippen LogP contribution in [0.3, 0.4) is 0 Å². The molecule has 1 heterocycles. The van der Waals surface area contributed by atoms with Crippen LogP contribution in [0.25, 0.3) is 10.6 Å². The van der Waals surface area contributed by atoms with Crippen molar-refractivity contribution in [3.8, 4) is 10.6 Å². The quantitative estimate of drug-likeness (QED) is 0.621. The molecule has 1 aromatic heterocycles. The third-order valence-corrected chi connectivity index (χ3v) is 4.90. The molecule has 1 N–H and O–H groups in total. The van der Waals surface area contributed by atoms with Crippen LogP contribution in [0.15, 0.2) is 60.0 Å². The zero-order chi connectivity index (χ0) is 19.9. The van der Waals surface area contributed by atoms with Crippen LogP contribution in [0.4, 0.5) is 5.69 Å². The number of thiazole rings is 1. The van der Waals surface area contributed by atoms with Gasteiger partial charge < -0.3 is 15.0 Å². The van der Waals surface area contributed by atoms with Gasteiger partial charge in [0.2, 0.25) is 0 Å². The van der Waals surface area contributed by atoms with Crippen LogP contribution < -0.4 is 10.2 Å². The summed E-state index contributed by atoms with van der Waals surface area (Å²) in [5.41, 5.74) is 3.19. The topological polar surface area (TPSA) is 71.5 Å². The number of hydrogen-bond donors (Lipinski definition) is 1. The lowest BCUT2D eigenvalue weighted by molar-refractivity contribution is -0.124. The fourth-order valence-electron chi connectivity index (χ4n) is 2.45. The Kier molecular flexibility index (Phi) is 6.39. The van der Waals surface area contributed by atoms with Gasteiger partial charge in [-0.2, -0.15) is 0 Å². The normalized spacial score (nSPS) is 10.4. The smallest absolute Gasteiger partial charge is 0.358 e. The molecule has 144 valence electrons. The molecular formula is C21H21N3O3S. The van der Waals surface area contributed by atoms with E-state index in [1.54, 1.807) is 5.38 Å². The number of nitrogens with zero attached hydrogens (tertiary/aromatic N) is 2. The third-order valence-electron chi connectivity index (χ3n) is 4.01. The minimum Gasteiger partial charge on any atom is -0.451 e. The van der Waals surface area contributed by atoms with Crippen molar-refractivity contribution in [3.63, 3.8) is 0 Å². The van der Waals surface area contributed by atoms with Gasteiger partial charge in [0.25, 0.3) is 5.91 Å². The van der Waals surface area contributed by atoms with E-state index in [-0.39, 0.29) is 18.2 Å². The summed E-state index contributed by atoms with van der Waals surface area (Å²) in [7, 11) is 3.94. The minimum atomic E-state index is -0.607. The second-order valence-corrected chi connectivity index (χ2v) is 7.18. The van der Waals surface area contributed by atoms with Gasteiger partial charge in [0.1, 0.15) is 5.01 Å². The van der Waals surface area contributed by atoms with E-state index >= 15 is 0 Å². The van der Waals surface area contributed by atoms with Crippen LogP contribution in [0.5, 0.6) is 0 Å².